The number of hydrogen-bond acceptors (Lipinski definition) is 4. The van der Waals surface area contributed by atoms with Gasteiger partial charge in [0.1, 0.15) is 23.3 Å². The minimum absolute atomic E-state index is 0.113. The van der Waals surface area contributed by atoms with Crippen LogP contribution in [0.4, 0.5) is 5.69 Å². The highest BCUT2D eigenvalue weighted by Crippen LogP contribution is 2.43. The molecule has 2 atom stereocenters. The zero-order valence-electron chi connectivity index (χ0n) is 18.8. The normalized spacial score (nSPS) is 17.8. The smallest absolute Gasteiger partial charge is 0.174 e. The van der Waals surface area contributed by atoms with E-state index in [0.29, 0.717) is 5.11 Å². The average Bonchev–Trinajstić information content (AvgIpc) is 3.45. The van der Waals surface area contributed by atoms with Crippen LogP contribution >= 0.6 is 28.1 Å². The van der Waals surface area contributed by atoms with Gasteiger partial charge in [0.2, 0.25) is 0 Å². The Morgan fingerprint density at radius 3 is 2.44 bits per heavy atom. The van der Waals surface area contributed by atoms with E-state index in [1.165, 1.54) is 0 Å². The van der Waals surface area contributed by atoms with Crippen LogP contribution in [0.15, 0.2) is 93.9 Å². The maximum Gasteiger partial charge on any atom is 0.174 e. The Hall–Kier alpha value is -3.16. The first-order valence-electron chi connectivity index (χ1n) is 11.1. The first kappa shape index (κ1) is 22.6. The standard InChI is InChI=1S/C27H24BrN3O2S/c1-17(2)32-21-12-10-20(11-13-21)31-26(25(30-27(31)34)22-5-3-4-16-29-22)24-15-14-23(33-24)18-6-8-19(28)9-7-18/h3-17,25-26H,1-2H3,(H,30,34). The second-order valence-electron chi connectivity index (χ2n) is 8.37. The van der Waals surface area contributed by atoms with Gasteiger partial charge in [-0.1, -0.05) is 34.1 Å². The third-order valence-electron chi connectivity index (χ3n) is 5.63. The second kappa shape index (κ2) is 9.60. The van der Waals surface area contributed by atoms with Crippen LogP contribution in [0.5, 0.6) is 5.75 Å². The highest BCUT2D eigenvalue weighted by Gasteiger charge is 2.42. The van der Waals surface area contributed by atoms with E-state index in [0.717, 1.165) is 38.7 Å². The molecule has 34 heavy (non-hydrogen) atoms. The molecule has 2 aromatic heterocycles. The molecule has 3 heterocycles. The van der Waals surface area contributed by atoms with Crippen LogP contribution in [0.3, 0.4) is 0 Å². The molecular weight excluding hydrogens is 510 g/mol. The minimum Gasteiger partial charge on any atom is -0.491 e. The Balaban J connectivity index is 1.54. The zero-order valence-corrected chi connectivity index (χ0v) is 21.2. The van der Waals surface area contributed by atoms with Gasteiger partial charge >= 0.3 is 0 Å². The van der Waals surface area contributed by atoms with E-state index in [-0.39, 0.29) is 18.2 Å². The lowest BCUT2D eigenvalue weighted by Crippen LogP contribution is -2.29. The molecule has 4 aromatic rings. The van der Waals surface area contributed by atoms with Gasteiger partial charge < -0.3 is 19.4 Å². The lowest BCUT2D eigenvalue weighted by molar-refractivity contribution is 0.242. The summed E-state index contributed by atoms with van der Waals surface area (Å²) < 4.78 is 13.3. The largest absolute Gasteiger partial charge is 0.491 e. The third kappa shape index (κ3) is 4.58. The number of hydrogen-bond donors (Lipinski definition) is 1. The molecule has 0 radical (unpaired) electrons. The summed E-state index contributed by atoms with van der Waals surface area (Å²) in [7, 11) is 0. The van der Waals surface area contributed by atoms with Crippen LogP contribution < -0.4 is 15.0 Å². The Morgan fingerprint density at radius 2 is 1.76 bits per heavy atom. The molecule has 5 rings (SSSR count). The second-order valence-corrected chi connectivity index (χ2v) is 9.67. The molecule has 0 spiro atoms. The summed E-state index contributed by atoms with van der Waals surface area (Å²) in [5.74, 6) is 2.44. The number of pyridine rings is 1. The van der Waals surface area contributed by atoms with Gasteiger partial charge in [0.25, 0.3) is 0 Å². The van der Waals surface area contributed by atoms with Crippen molar-refractivity contribution < 1.29 is 9.15 Å². The summed E-state index contributed by atoms with van der Waals surface area (Å²) in [6.45, 7) is 4.03. The highest BCUT2D eigenvalue weighted by molar-refractivity contribution is 9.10. The zero-order chi connectivity index (χ0) is 23.7. The Kier molecular flexibility index (Phi) is 6.39. The van der Waals surface area contributed by atoms with Gasteiger partial charge in [-0.05, 0) is 86.7 Å². The van der Waals surface area contributed by atoms with E-state index < -0.39 is 0 Å². The minimum atomic E-state index is -0.205. The average molecular weight is 534 g/mol. The molecule has 2 unspecified atom stereocenters. The van der Waals surface area contributed by atoms with Gasteiger partial charge in [0.15, 0.2) is 5.11 Å². The summed E-state index contributed by atoms with van der Waals surface area (Å²) in [6, 6.07) is 25.6. The third-order valence-corrected chi connectivity index (χ3v) is 6.48. The first-order valence-corrected chi connectivity index (χ1v) is 12.3. The van der Waals surface area contributed by atoms with Crippen LogP contribution in [0, 0.1) is 0 Å². The van der Waals surface area contributed by atoms with Crippen molar-refractivity contribution >= 4 is 38.9 Å². The van der Waals surface area contributed by atoms with Crippen molar-refractivity contribution in [3.8, 4) is 17.1 Å². The van der Waals surface area contributed by atoms with Gasteiger partial charge in [-0.2, -0.15) is 0 Å². The fourth-order valence-electron chi connectivity index (χ4n) is 4.16. The first-order chi connectivity index (χ1) is 16.5. The molecule has 1 aliphatic heterocycles. The number of anilines is 1. The predicted octanol–water partition coefficient (Wildman–Crippen LogP) is 7.07. The number of furan rings is 1. The molecule has 1 N–H and O–H groups in total. The van der Waals surface area contributed by atoms with Crippen molar-refractivity contribution in [2.24, 2.45) is 0 Å². The van der Waals surface area contributed by atoms with Crippen molar-refractivity contribution in [3.05, 3.63) is 101 Å². The van der Waals surface area contributed by atoms with E-state index in [4.69, 9.17) is 21.4 Å². The Morgan fingerprint density at radius 1 is 1.00 bits per heavy atom. The topological polar surface area (TPSA) is 50.5 Å². The molecule has 7 heteroatoms. The van der Waals surface area contributed by atoms with Gasteiger partial charge in [-0.15, -0.1) is 0 Å². The molecule has 172 valence electrons. The summed E-state index contributed by atoms with van der Waals surface area (Å²) in [4.78, 5) is 6.70. The highest BCUT2D eigenvalue weighted by atomic mass is 79.9. The number of halogens is 1. The van der Waals surface area contributed by atoms with E-state index >= 15 is 0 Å². The van der Waals surface area contributed by atoms with Gasteiger partial charge in [-0.25, -0.2) is 0 Å². The SMILES string of the molecule is CC(C)Oc1ccc(N2C(=S)NC(c3ccccn3)C2c2ccc(-c3ccc(Br)cc3)o2)cc1. The van der Waals surface area contributed by atoms with Gasteiger partial charge in [-0.3, -0.25) is 4.98 Å². The van der Waals surface area contributed by atoms with Crippen LogP contribution in [-0.4, -0.2) is 16.2 Å². The number of nitrogens with one attached hydrogen (secondary N) is 1. The summed E-state index contributed by atoms with van der Waals surface area (Å²) >= 11 is 9.30. The number of rotatable bonds is 6. The molecule has 2 aromatic carbocycles. The quantitative estimate of drug-likeness (QED) is 0.267. The fraction of sp³-hybridized carbons (Fsp3) is 0.185. The number of ether oxygens (including phenoxy) is 1. The number of benzene rings is 2. The van der Waals surface area contributed by atoms with E-state index in [1.807, 2.05) is 92.7 Å². The molecule has 0 saturated carbocycles. The molecular formula is C27H24BrN3O2S. The van der Waals surface area contributed by atoms with Crippen molar-refractivity contribution in [1.82, 2.24) is 10.3 Å². The van der Waals surface area contributed by atoms with Crippen molar-refractivity contribution in [2.75, 3.05) is 4.90 Å². The van der Waals surface area contributed by atoms with Crippen molar-refractivity contribution in [2.45, 2.75) is 32.0 Å². The van der Waals surface area contributed by atoms with Crippen molar-refractivity contribution in [3.63, 3.8) is 0 Å². The van der Waals surface area contributed by atoms with Crippen molar-refractivity contribution in [1.29, 1.82) is 0 Å². The molecule has 0 amide bonds. The monoisotopic (exact) mass is 533 g/mol. The predicted molar refractivity (Wildman–Crippen MR) is 142 cm³/mol. The molecule has 5 nitrogen and oxygen atoms in total. The number of aromatic nitrogens is 1. The fourth-order valence-corrected chi connectivity index (χ4v) is 4.77. The van der Waals surface area contributed by atoms with Gasteiger partial charge in [0, 0.05) is 21.9 Å². The number of thiocarbonyl (C=S) groups is 1. The van der Waals surface area contributed by atoms with Crippen LogP contribution in [0.25, 0.3) is 11.3 Å². The van der Waals surface area contributed by atoms with Crippen LogP contribution in [-0.2, 0) is 0 Å². The summed E-state index contributed by atoms with van der Waals surface area (Å²) in [5, 5.41) is 4.09. The molecule has 0 bridgehead atoms. The Bertz CT molecular complexity index is 1270. The molecule has 0 aliphatic carbocycles. The molecule has 1 aliphatic rings. The maximum absolute atomic E-state index is 6.41. The lowest BCUT2D eigenvalue weighted by atomic mass is 10.0. The summed E-state index contributed by atoms with van der Waals surface area (Å²) in [5.41, 5.74) is 2.87. The lowest BCUT2D eigenvalue weighted by Gasteiger charge is -2.26. The van der Waals surface area contributed by atoms with E-state index in [2.05, 4.69) is 31.1 Å². The van der Waals surface area contributed by atoms with E-state index in [1.54, 1.807) is 6.20 Å². The summed E-state index contributed by atoms with van der Waals surface area (Å²) in [6.07, 6.45) is 1.91. The van der Waals surface area contributed by atoms with Crippen LogP contribution in [0.1, 0.15) is 37.4 Å². The van der Waals surface area contributed by atoms with E-state index in [9.17, 15) is 0 Å². The van der Waals surface area contributed by atoms with Gasteiger partial charge in [0.05, 0.1) is 17.8 Å². The molecule has 1 fully saturated rings. The Labute approximate surface area is 212 Å². The van der Waals surface area contributed by atoms with Crippen LogP contribution in [0.2, 0.25) is 0 Å². The number of nitrogens with zero attached hydrogens (tertiary/aromatic N) is 2. The maximum atomic E-state index is 6.41. The molecule has 1 saturated heterocycles.